The Morgan fingerprint density at radius 3 is 2.22 bits per heavy atom. The molecule has 0 saturated heterocycles. The van der Waals surface area contributed by atoms with Crippen LogP contribution in [0.3, 0.4) is 0 Å². The smallest absolute Gasteiger partial charge is 0.325 e. The van der Waals surface area contributed by atoms with Gasteiger partial charge < -0.3 is 5.32 Å². The Kier molecular flexibility index (Phi) is 7.57. The Hall–Kier alpha value is -2.44. The molecule has 0 aromatic heterocycles. The number of anilines is 1. The molecule has 3 aromatic rings. The van der Waals surface area contributed by atoms with Crippen molar-refractivity contribution in [3.63, 3.8) is 0 Å². The molecule has 0 aliphatic heterocycles. The van der Waals surface area contributed by atoms with E-state index >= 15 is 0 Å². The minimum Gasteiger partial charge on any atom is -0.325 e. The van der Waals surface area contributed by atoms with Gasteiger partial charge in [-0.1, -0.05) is 36.4 Å². The topological polar surface area (TPSA) is 75.3 Å². The third-order valence-corrected chi connectivity index (χ3v) is 6.68. The highest BCUT2D eigenvalue weighted by atomic mass is 127. The molecule has 168 valence electrons. The van der Waals surface area contributed by atoms with Crippen molar-refractivity contribution in [1.82, 2.24) is 4.72 Å². The number of sulfonamides is 1. The van der Waals surface area contributed by atoms with Gasteiger partial charge in [0.15, 0.2) is 0 Å². The van der Waals surface area contributed by atoms with Crippen LogP contribution in [0.5, 0.6) is 0 Å². The second-order valence-corrected chi connectivity index (χ2v) is 9.84. The number of carbonyl (C=O) groups is 1. The lowest BCUT2D eigenvalue weighted by atomic mass is 10.1. The summed E-state index contributed by atoms with van der Waals surface area (Å²) in [6.45, 7) is 0. The van der Waals surface area contributed by atoms with Crippen molar-refractivity contribution in [3.05, 3.63) is 93.6 Å². The molecular weight excluding hydrogens is 556 g/mol. The zero-order valence-corrected chi connectivity index (χ0v) is 19.4. The van der Waals surface area contributed by atoms with Crippen molar-refractivity contribution in [2.45, 2.75) is 23.5 Å². The van der Waals surface area contributed by atoms with Gasteiger partial charge in [0.2, 0.25) is 15.9 Å². The van der Waals surface area contributed by atoms with E-state index in [9.17, 15) is 26.4 Å². The molecule has 0 heterocycles. The zero-order chi connectivity index (χ0) is 23.4. The second-order valence-electron chi connectivity index (χ2n) is 6.89. The minimum atomic E-state index is -4.57. The van der Waals surface area contributed by atoms with E-state index in [4.69, 9.17) is 0 Å². The number of hydrogen-bond acceptors (Lipinski definition) is 3. The fourth-order valence-corrected chi connectivity index (χ4v) is 4.46. The van der Waals surface area contributed by atoms with Crippen LogP contribution in [-0.4, -0.2) is 20.4 Å². The van der Waals surface area contributed by atoms with E-state index in [2.05, 4.69) is 10.0 Å². The molecule has 10 heteroatoms. The summed E-state index contributed by atoms with van der Waals surface area (Å²) in [5.74, 6) is -0.776. The van der Waals surface area contributed by atoms with Crippen molar-refractivity contribution < 1.29 is 26.4 Å². The molecule has 0 aliphatic rings. The van der Waals surface area contributed by atoms with Gasteiger partial charge in [0.05, 0.1) is 10.5 Å². The first-order chi connectivity index (χ1) is 15.0. The van der Waals surface area contributed by atoms with Gasteiger partial charge in [-0.2, -0.15) is 17.9 Å². The van der Waals surface area contributed by atoms with E-state index in [1.54, 1.807) is 42.5 Å². The number of halogens is 4. The van der Waals surface area contributed by atoms with Crippen LogP contribution in [0.15, 0.2) is 83.8 Å². The largest absolute Gasteiger partial charge is 0.416 e. The van der Waals surface area contributed by atoms with Crippen LogP contribution in [0.25, 0.3) is 0 Å². The van der Waals surface area contributed by atoms with E-state index in [0.29, 0.717) is 5.56 Å². The van der Waals surface area contributed by atoms with Crippen molar-refractivity contribution in [2.24, 2.45) is 0 Å². The molecule has 1 atom stereocenters. The molecule has 0 fully saturated rings. The molecule has 32 heavy (non-hydrogen) atoms. The van der Waals surface area contributed by atoms with Crippen molar-refractivity contribution >= 4 is 44.2 Å². The molecule has 1 amide bonds. The lowest BCUT2D eigenvalue weighted by Gasteiger charge is -2.19. The average molecular weight is 574 g/mol. The molecule has 0 unspecified atom stereocenters. The number of benzene rings is 3. The molecule has 0 saturated carbocycles. The van der Waals surface area contributed by atoms with Crippen LogP contribution in [0.2, 0.25) is 0 Å². The van der Waals surface area contributed by atoms with Crippen LogP contribution in [-0.2, 0) is 27.4 Å². The lowest BCUT2D eigenvalue weighted by molar-refractivity contribution is -0.137. The molecular formula is C22H18F3IN2O3S. The predicted molar refractivity (Wildman–Crippen MR) is 123 cm³/mol. The number of nitrogens with one attached hydrogen (secondary N) is 2. The number of alkyl halides is 3. The third kappa shape index (κ3) is 6.53. The Morgan fingerprint density at radius 2 is 1.59 bits per heavy atom. The minimum absolute atomic E-state index is 0.00916. The van der Waals surface area contributed by atoms with Gasteiger partial charge >= 0.3 is 6.18 Å². The van der Waals surface area contributed by atoms with Gasteiger partial charge in [0.25, 0.3) is 0 Å². The third-order valence-electron chi connectivity index (χ3n) is 4.48. The SMILES string of the molecule is O=C(Nc1cccc(C(F)(F)F)c1)[C@@H](Cc1ccccc1)NS(=O)(=O)c1ccc(I)cc1. The normalized spacial score (nSPS) is 12.9. The number of carbonyl (C=O) groups excluding carboxylic acids is 1. The highest BCUT2D eigenvalue weighted by molar-refractivity contribution is 14.1. The molecule has 3 rings (SSSR count). The lowest BCUT2D eigenvalue weighted by Crippen LogP contribution is -2.45. The van der Waals surface area contributed by atoms with Gasteiger partial charge in [-0.15, -0.1) is 0 Å². The fourth-order valence-electron chi connectivity index (χ4n) is 2.91. The first-order valence-corrected chi connectivity index (χ1v) is 11.9. The van der Waals surface area contributed by atoms with Gasteiger partial charge in [-0.3, -0.25) is 4.79 Å². The van der Waals surface area contributed by atoms with E-state index in [-0.39, 0.29) is 17.0 Å². The van der Waals surface area contributed by atoms with Crippen LogP contribution >= 0.6 is 22.6 Å². The highest BCUT2D eigenvalue weighted by Gasteiger charge is 2.31. The maximum absolute atomic E-state index is 13.0. The number of rotatable bonds is 7. The first kappa shape index (κ1) is 24.2. The van der Waals surface area contributed by atoms with Crippen LogP contribution in [0.1, 0.15) is 11.1 Å². The van der Waals surface area contributed by atoms with E-state index < -0.39 is 33.7 Å². The summed E-state index contributed by atoms with van der Waals surface area (Å²) in [6, 6.07) is 17.7. The monoisotopic (exact) mass is 574 g/mol. The summed E-state index contributed by atoms with van der Waals surface area (Å²) in [5, 5.41) is 2.39. The maximum atomic E-state index is 13.0. The van der Waals surface area contributed by atoms with Crippen LogP contribution in [0.4, 0.5) is 18.9 Å². The Labute approximate surface area is 197 Å². The summed E-state index contributed by atoms with van der Waals surface area (Å²) in [4.78, 5) is 12.9. The molecule has 3 aromatic carbocycles. The van der Waals surface area contributed by atoms with Crippen molar-refractivity contribution in [1.29, 1.82) is 0 Å². The van der Waals surface area contributed by atoms with Gasteiger partial charge in [-0.05, 0) is 77.0 Å². The molecule has 5 nitrogen and oxygen atoms in total. The van der Waals surface area contributed by atoms with E-state index in [1.165, 1.54) is 24.3 Å². The summed E-state index contributed by atoms with van der Waals surface area (Å²) in [5.41, 5.74) is -0.326. The van der Waals surface area contributed by atoms with Crippen LogP contribution in [0, 0.1) is 3.57 Å². The molecule has 0 spiro atoms. The van der Waals surface area contributed by atoms with Crippen molar-refractivity contribution in [3.8, 4) is 0 Å². The Balaban J connectivity index is 1.87. The molecule has 0 aliphatic carbocycles. The fraction of sp³-hybridized carbons (Fsp3) is 0.136. The van der Waals surface area contributed by atoms with Crippen LogP contribution < -0.4 is 10.0 Å². The van der Waals surface area contributed by atoms with Gasteiger partial charge in [-0.25, -0.2) is 8.42 Å². The zero-order valence-electron chi connectivity index (χ0n) is 16.4. The molecule has 0 bridgehead atoms. The average Bonchev–Trinajstić information content (AvgIpc) is 2.74. The summed E-state index contributed by atoms with van der Waals surface area (Å²) < 4.78 is 67.9. The predicted octanol–water partition coefficient (Wildman–Crippen LogP) is 4.84. The van der Waals surface area contributed by atoms with Gasteiger partial charge in [0, 0.05) is 9.26 Å². The van der Waals surface area contributed by atoms with E-state index in [0.717, 1.165) is 15.7 Å². The van der Waals surface area contributed by atoms with Crippen molar-refractivity contribution in [2.75, 3.05) is 5.32 Å². The standard InChI is InChI=1S/C22H18F3IN2O3S/c23-22(24,25)16-7-4-8-18(14-16)27-21(29)20(13-15-5-2-1-3-6-15)28-32(30,31)19-11-9-17(26)10-12-19/h1-12,14,20,28H,13H2,(H,27,29)/t20-/m1/s1. The molecule has 0 radical (unpaired) electrons. The number of amides is 1. The highest BCUT2D eigenvalue weighted by Crippen LogP contribution is 2.30. The maximum Gasteiger partial charge on any atom is 0.416 e. The first-order valence-electron chi connectivity index (χ1n) is 9.34. The summed E-state index contributed by atoms with van der Waals surface area (Å²) in [7, 11) is -4.06. The Bertz CT molecular complexity index is 1190. The Morgan fingerprint density at radius 1 is 0.938 bits per heavy atom. The van der Waals surface area contributed by atoms with Gasteiger partial charge in [0.1, 0.15) is 6.04 Å². The van der Waals surface area contributed by atoms with E-state index in [1.807, 2.05) is 22.6 Å². The number of hydrogen-bond donors (Lipinski definition) is 2. The second kappa shape index (κ2) is 10.0. The quantitative estimate of drug-likeness (QED) is 0.397. The summed E-state index contributed by atoms with van der Waals surface area (Å²) >= 11 is 2.04. The molecule has 2 N–H and O–H groups in total. The summed E-state index contributed by atoms with van der Waals surface area (Å²) in [6.07, 6.45) is -4.56.